The zero-order chi connectivity index (χ0) is 10.1. The highest BCUT2D eigenvalue weighted by Gasteiger charge is 2.04. The standard InChI is InChI=1S/C11H12N2O/c1-7-3-4-10(14-2)9-5-8(12)6-13-11(7)9/h3-6H,12H2,1-2H3. The summed E-state index contributed by atoms with van der Waals surface area (Å²) in [6.45, 7) is 2.02. The number of fused-ring (bicyclic) bond motifs is 1. The lowest BCUT2D eigenvalue weighted by Crippen LogP contribution is -1.92. The van der Waals surface area contributed by atoms with Gasteiger partial charge in [-0.05, 0) is 24.6 Å². The van der Waals surface area contributed by atoms with Crippen LogP contribution in [0.5, 0.6) is 5.75 Å². The number of methoxy groups -OCH3 is 1. The molecule has 0 radical (unpaired) electrons. The third-order valence-corrected chi connectivity index (χ3v) is 2.25. The van der Waals surface area contributed by atoms with Crippen LogP contribution < -0.4 is 10.5 Å². The lowest BCUT2D eigenvalue weighted by Gasteiger charge is -2.07. The largest absolute Gasteiger partial charge is 0.496 e. The van der Waals surface area contributed by atoms with E-state index in [1.54, 1.807) is 13.3 Å². The van der Waals surface area contributed by atoms with Crippen molar-refractivity contribution in [2.75, 3.05) is 12.8 Å². The van der Waals surface area contributed by atoms with Crippen molar-refractivity contribution in [3.8, 4) is 5.75 Å². The van der Waals surface area contributed by atoms with Crippen LogP contribution in [0.25, 0.3) is 10.9 Å². The third-order valence-electron chi connectivity index (χ3n) is 2.25. The van der Waals surface area contributed by atoms with Crippen LogP contribution in [-0.4, -0.2) is 12.1 Å². The minimum atomic E-state index is 0.654. The zero-order valence-corrected chi connectivity index (χ0v) is 8.24. The Morgan fingerprint density at radius 2 is 2.14 bits per heavy atom. The lowest BCUT2D eigenvalue weighted by atomic mass is 10.1. The van der Waals surface area contributed by atoms with Gasteiger partial charge in [0.25, 0.3) is 0 Å². The predicted octanol–water partition coefficient (Wildman–Crippen LogP) is 2.13. The summed E-state index contributed by atoms with van der Waals surface area (Å²) in [5.41, 5.74) is 8.40. The highest BCUT2D eigenvalue weighted by atomic mass is 16.5. The second-order valence-corrected chi connectivity index (χ2v) is 3.25. The fourth-order valence-electron chi connectivity index (χ4n) is 1.53. The smallest absolute Gasteiger partial charge is 0.128 e. The van der Waals surface area contributed by atoms with Gasteiger partial charge < -0.3 is 10.5 Å². The number of hydrogen-bond acceptors (Lipinski definition) is 3. The monoisotopic (exact) mass is 188 g/mol. The Morgan fingerprint density at radius 1 is 1.36 bits per heavy atom. The summed E-state index contributed by atoms with van der Waals surface area (Å²) in [4.78, 5) is 4.28. The molecular formula is C11H12N2O. The minimum Gasteiger partial charge on any atom is -0.496 e. The van der Waals surface area contributed by atoms with E-state index in [4.69, 9.17) is 10.5 Å². The third kappa shape index (κ3) is 1.27. The molecule has 0 unspecified atom stereocenters. The summed E-state index contributed by atoms with van der Waals surface area (Å²) in [7, 11) is 1.65. The summed E-state index contributed by atoms with van der Waals surface area (Å²) in [5.74, 6) is 0.811. The highest BCUT2D eigenvalue weighted by Crippen LogP contribution is 2.27. The van der Waals surface area contributed by atoms with E-state index >= 15 is 0 Å². The van der Waals surface area contributed by atoms with Gasteiger partial charge in [0, 0.05) is 5.39 Å². The van der Waals surface area contributed by atoms with E-state index in [-0.39, 0.29) is 0 Å². The van der Waals surface area contributed by atoms with E-state index in [0.29, 0.717) is 5.69 Å². The first-order valence-electron chi connectivity index (χ1n) is 4.41. The second-order valence-electron chi connectivity index (χ2n) is 3.25. The molecule has 0 amide bonds. The van der Waals surface area contributed by atoms with E-state index < -0.39 is 0 Å². The molecule has 1 aromatic carbocycles. The van der Waals surface area contributed by atoms with E-state index in [9.17, 15) is 0 Å². The van der Waals surface area contributed by atoms with E-state index in [1.807, 2.05) is 25.1 Å². The maximum atomic E-state index is 5.68. The van der Waals surface area contributed by atoms with Gasteiger partial charge in [-0.25, -0.2) is 0 Å². The summed E-state index contributed by atoms with van der Waals surface area (Å²) < 4.78 is 5.24. The highest BCUT2D eigenvalue weighted by molar-refractivity contribution is 5.89. The van der Waals surface area contributed by atoms with Crippen molar-refractivity contribution in [2.24, 2.45) is 0 Å². The lowest BCUT2D eigenvalue weighted by molar-refractivity contribution is 0.419. The van der Waals surface area contributed by atoms with Gasteiger partial charge in [0.1, 0.15) is 5.75 Å². The van der Waals surface area contributed by atoms with Crippen LogP contribution in [0, 0.1) is 6.92 Å². The number of aryl methyl sites for hydroxylation is 1. The summed E-state index contributed by atoms with van der Waals surface area (Å²) in [6, 6.07) is 5.80. The average molecular weight is 188 g/mol. The molecule has 0 spiro atoms. The fraction of sp³-hybridized carbons (Fsp3) is 0.182. The molecule has 14 heavy (non-hydrogen) atoms. The van der Waals surface area contributed by atoms with Gasteiger partial charge in [-0.1, -0.05) is 6.07 Å². The van der Waals surface area contributed by atoms with Crippen molar-refractivity contribution < 1.29 is 4.74 Å². The van der Waals surface area contributed by atoms with Gasteiger partial charge in [0.15, 0.2) is 0 Å². The number of rotatable bonds is 1. The quantitative estimate of drug-likeness (QED) is 0.745. The number of nitrogens with two attached hydrogens (primary N) is 1. The molecule has 0 saturated heterocycles. The molecule has 3 heteroatoms. The van der Waals surface area contributed by atoms with Crippen molar-refractivity contribution in [3.05, 3.63) is 30.0 Å². The van der Waals surface area contributed by atoms with Gasteiger partial charge in [0.05, 0.1) is 24.5 Å². The fourth-order valence-corrected chi connectivity index (χ4v) is 1.53. The van der Waals surface area contributed by atoms with Crippen molar-refractivity contribution in [1.29, 1.82) is 0 Å². The number of pyridine rings is 1. The molecule has 0 atom stereocenters. The molecular weight excluding hydrogens is 176 g/mol. The number of benzene rings is 1. The van der Waals surface area contributed by atoms with Crippen LogP contribution in [0.15, 0.2) is 24.4 Å². The number of nitrogen functional groups attached to an aromatic ring is 1. The van der Waals surface area contributed by atoms with Crippen LogP contribution in [0.3, 0.4) is 0 Å². The average Bonchev–Trinajstić information content (AvgIpc) is 2.18. The Bertz CT molecular complexity index is 480. The van der Waals surface area contributed by atoms with Crippen LogP contribution in [0.4, 0.5) is 5.69 Å². The normalized spacial score (nSPS) is 10.4. The first kappa shape index (κ1) is 8.81. The first-order chi connectivity index (χ1) is 6.72. The molecule has 0 aliphatic rings. The summed E-state index contributed by atoms with van der Waals surface area (Å²) in [5, 5.41) is 0.965. The molecule has 0 saturated carbocycles. The Balaban J connectivity index is 2.85. The number of nitrogens with zero attached hydrogens (tertiary/aromatic N) is 1. The Hall–Kier alpha value is -1.77. The van der Waals surface area contributed by atoms with Gasteiger partial charge in [-0.3, -0.25) is 4.98 Å². The van der Waals surface area contributed by atoms with Crippen molar-refractivity contribution in [2.45, 2.75) is 6.92 Å². The van der Waals surface area contributed by atoms with E-state index in [2.05, 4.69) is 4.98 Å². The number of anilines is 1. The molecule has 0 bridgehead atoms. The number of aromatic nitrogens is 1. The molecule has 0 aliphatic heterocycles. The van der Waals surface area contributed by atoms with E-state index in [0.717, 1.165) is 22.2 Å². The summed E-state index contributed by atoms with van der Waals surface area (Å²) >= 11 is 0. The van der Waals surface area contributed by atoms with Crippen molar-refractivity contribution in [3.63, 3.8) is 0 Å². The zero-order valence-electron chi connectivity index (χ0n) is 8.24. The molecule has 2 aromatic rings. The van der Waals surface area contributed by atoms with Crippen LogP contribution in [-0.2, 0) is 0 Å². The second kappa shape index (κ2) is 3.18. The molecule has 3 nitrogen and oxygen atoms in total. The molecule has 0 aliphatic carbocycles. The van der Waals surface area contributed by atoms with Gasteiger partial charge in [0.2, 0.25) is 0 Å². The Morgan fingerprint density at radius 3 is 2.86 bits per heavy atom. The number of hydrogen-bond donors (Lipinski definition) is 1. The molecule has 0 fully saturated rings. The molecule has 1 heterocycles. The van der Waals surface area contributed by atoms with E-state index in [1.165, 1.54) is 0 Å². The van der Waals surface area contributed by atoms with Crippen molar-refractivity contribution in [1.82, 2.24) is 4.98 Å². The van der Waals surface area contributed by atoms with Gasteiger partial charge in [-0.15, -0.1) is 0 Å². The van der Waals surface area contributed by atoms with Crippen molar-refractivity contribution >= 4 is 16.6 Å². The predicted molar refractivity (Wildman–Crippen MR) is 57.4 cm³/mol. The summed E-state index contributed by atoms with van der Waals surface area (Å²) in [6.07, 6.45) is 1.66. The first-order valence-corrected chi connectivity index (χ1v) is 4.41. The SMILES string of the molecule is COc1ccc(C)c2ncc(N)cc12. The van der Waals surface area contributed by atoms with Gasteiger partial charge >= 0.3 is 0 Å². The maximum Gasteiger partial charge on any atom is 0.128 e. The molecule has 72 valence electrons. The maximum absolute atomic E-state index is 5.68. The van der Waals surface area contributed by atoms with Crippen LogP contribution >= 0.6 is 0 Å². The Kier molecular flexibility index (Phi) is 2.00. The minimum absolute atomic E-state index is 0.654. The molecule has 2 rings (SSSR count). The van der Waals surface area contributed by atoms with Crippen LogP contribution in [0.2, 0.25) is 0 Å². The number of ether oxygens (including phenoxy) is 1. The van der Waals surface area contributed by atoms with Crippen LogP contribution in [0.1, 0.15) is 5.56 Å². The van der Waals surface area contributed by atoms with Gasteiger partial charge in [-0.2, -0.15) is 0 Å². The topological polar surface area (TPSA) is 48.1 Å². The Labute approximate surface area is 82.5 Å². The molecule has 1 aromatic heterocycles. The molecule has 2 N–H and O–H groups in total.